The molecule has 2 atom stereocenters. The molecule has 0 unspecified atom stereocenters. The minimum absolute atomic E-state index is 0.255. The number of fused-ring (bicyclic) bond motifs is 3. The molecule has 0 spiro atoms. The van der Waals surface area contributed by atoms with E-state index in [4.69, 9.17) is 14.9 Å². The van der Waals surface area contributed by atoms with E-state index in [-0.39, 0.29) is 5.95 Å². The van der Waals surface area contributed by atoms with Gasteiger partial charge in [-0.1, -0.05) is 12.1 Å². The van der Waals surface area contributed by atoms with Gasteiger partial charge in [-0.3, -0.25) is 4.90 Å². The molecule has 0 aliphatic carbocycles. The van der Waals surface area contributed by atoms with Gasteiger partial charge in [0.2, 0.25) is 23.6 Å². The molecule has 12 nitrogen and oxygen atoms in total. The molecule has 2 aliphatic heterocycles. The molecule has 2 aliphatic rings. The number of para-hydroxylation sites is 1. The van der Waals surface area contributed by atoms with Crippen molar-refractivity contribution in [1.29, 1.82) is 0 Å². The number of aromatic nitrogens is 7. The number of benzene rings is 1. The summed E-state index contributed by atoms with van der Waals surface area (Å²) in [4.78, 5) is 27.1. The molecule has 1 aromatic carbocycles. The van der Waals surface area contributed by atoms with Gasteiger partial charge in [0.15, 0.2) is 5.76 Å². The second kappa shape index (κ2) is 8.96. The fourth-order valence-corrected chi connectivity index (χ4v) is 5.31. The Kier molecular flexibility index (Phi) is 5.31. The van der Waals surface area contributed by atoms with Gasteiger partial charge < -0.3 is 19.8 Å². The molecule has 2 N–H and O–H groups in total. The highest BCUT2D eigenvalue weighted by atomic mass is 16.5. The number of ether oxygens (including phenoxy) is 1. The Morgan fingerprint density at radius 3 is 2.86 bits per heavy atom. The third-order valence-corrected chi connectivity index (χ3v) is 7.21. The molecule has 4 aromatic heterocycles. The van der Waals surface area contributed by atoms with E-state index < -0.39 is 0 Å². The second-order valence-electron chi connectivity index (χ2n) is 9.55. The van der Waals surface area contributed by atoms with Gasteiger partial charge >= 0.3 is 0 Å². The van der Waals surface area contributed by atoms with Gasteiger partial charge in [-0.25, -0.2) is 9.97 Å². The Hall–Kier alpha value is -4.32. The Balaban J connectivity index is 1.01. The third-order valence-electron chi connectivity index (χ3n) is 7.21. The number of piperazine rings is 1. The summed E-state index contributed by atoms with van der Waals surface area (Å²) in [5.74, 6) is 3.36. The number of furan rings is 1. The highest BCUT2D eigenvalue weighted by Gasteiger charge is 2.34. The van der Waals surface area contributed by atoms with E-state index >= 15 is 0 Å². The lowest BCUT2D eigenvalue weighted by molar-refractivity contribution is 0.0719. The van der Waals surface area contributed by atoms with Gasteiger partial charge in [-0.15, -0.1) is 5.10 Å². The minimum Gasteiger partial charge on any atom is -0.477 e. The molecular weight excluding hydrogens is 472 g/mol. The number of hydrogen-bond donors (Lipinski definition) is 1. The third kappa shape index (κ3) is 4.08. The average Bonchev–Trinajstić information content (AvgIpc) is 3.62. The Labute approximate surface area is 212 Å². The smallest absolute Gasteiger partial charge is 0.259 e. The van der Waals surface area contributed by atoms with E-state index in [0.29, 0.717) is 47.8 Å². The largest absolute Gasteiger partial charge is 0.477 e. The zero-order valence-electron chi connectivity index (χ0n) is 20.1. The Morgan fingerprint density at radius 2 is 1.95 bits per heavy atom. The van der Waals surface area contributed by atoms with Crippen LogP contribution in [0.4, 0.5) is 11.9 Å². The summed E-state index contributed by atoms with van der Waals surface area (Å²) in [6, 6.07) is 12.0. The molecule has 0 radical (unpaired) electrons. The van der Waals surface area contributed by atoms with Crippen LogP contribution in [0.3, 0.4) is 0 Å². The first kappa shape index (κ1) is 21.9. The molecule has 0 bridgehead atoms. The summed E-state index contributed by atoms with van der Waals surface area (Å²) >= 11 is 0. The molecule has 37 heavy (non-hydrogen) atoms. The van der Waals surface area contributed by atoms with Gasteiger partial charge in [0, 0.05) is 38.1 Å². The van der Waals surface area contributed by atoms with Crippen LogP contribution in [0.1, 0.15) is 12.8 Å². The van der Waals surface area contributed by atoms with Crippen molar-refractivity contribution in [3.05, 3.63) is 49.0 Å². The number of rotatable bonds is 5. The van der Waals surface area contributed by atoms with Crippen molar-refractivity contribution >= 4 is 28.6 Å². The van der Waals surface area contributed by atoms with Crippen LogP contribution in [0.25, 0.3) is 28.3 Å². The van der Waals surface area contributed by atoms with Crippen LogP contribution in [0.2, 0.25) is 0 Å². The van der Waals surface area contributed by atoms with Crippen LogP contribution in [0.5, 0.6) is 5.88 Å². The van der Waals surface area contributed by atoms with E-state index in [1.807, 2.05) is 24.3 Å². The van der Waals surface area contributed by atoms with Gasteiger partial charge in [-0.05, 0) is 37.1 Å². The zero-order valence-corrected chi connectivity index (χ0v) is 20.1. The van der Waals surface area contributed by atoms with Crippen LogP contribution in [-0.4, -0.2) is 78.3 Å². The van der Waals surface area contributed by atoms with Crippen molar-refractivity contribution < 1.29 is 9.15 Å². The molecule has 188 valence electrons. The fraction of sp³-hybridized carbons (Fsp3) is 0.360. The highest BCUT2D eigenvalue weighted by Crippen LogP contribution is 2.29. The second-order valence-corrected chi connectivity index (χ2v) is 9.55. The number of hydrogen-bond acceptors (Lipinski definition) is 11. The minimum atomic E-state index is 0.255. The number of nitrogens with zero attached hydrogens (tertiary/aromatic N) is 9. The summed E-state index contributed by atoms with van der Waals surface area (Å²) < 4.78 is 13.0. The summed E-state index contributed by atoms with van der Waals surface area (Å²) in [6.45, 7) is 4.24. The summed E-state index contributed by atoms with van der Waals surface area (Å²) in [5.41, 5.74) is 7.11. The average molecular weight is 499 g/mol. The lowest BCUT2D eigenvalue weighted by Crippen LogP contribution is -2.57. The number of nitrogens with two attached hydrogens (primary N) is 1. The SMILES string of the molecule is Nc1nc(N2CCN3C[C@H](COc4ncnc5ccccc45)CC[C@H]3C2)nc2nc(-c3ccco3)nn12. The summed E-state index contributed by atoms with van der Waals surface area (Å²) in [5, 5.41) is 5.34. The summed E-state index contributed by atoms with van der Waals surface area (Å²) in [6.07, 6.45) is 5.33. The first-order valence-corrected chi connectivity index (χ1v) is 12.5. The van der Waals surface area contributed by atoms with Crippen molar-refractivity contribution in [2.75, 3.05) is 43.4 Å². The van der Waals surface area contributed by atoms with Crippen LogP contribution < -0.4 is 15.4 Å². The molecule has 6 heterocycles. The Morgan fingerprint density at radius 1 is 1.00 bits per heavy atom. The van der Waals surface area contributed by atoms with Gasteiger partial charge in [0.05, 0.1) is 23.8 Å². The number of anilines is 2. The highest BCUT2D eigenvalue weighted by molar-refractivity contribution is 5.82. The standard InChI is InChI=1S/C25H26N10O2/c26-23-30-24(31-25-29-21(32-35(23)25)20-6-3-11-36-20)34-10-9-33-12-16(7-8-17(33)13-34)14-37-22-18-4-1-2-5-19(18)27-15-28-22/h1-6,11,15-17H,7-10,12-14H2,(H2,26,29,30,31,32)/t16-,17+/m1/s1. The topological polar surface area (TPSA) is 137 Å². The lowest BCUT2D eigenvalue weighted by atomic mass is 9.91. The van der Waals surface area contributed by atoms with Crippen LogP contribution in [-0.2, 0) is 0 Å². The first-order valence-electron chi connectivity index (χ1n) is 12.5. The monoisotopic (exact) mass is 498 g/mol. The van der Waals surface area contributed by atoms with E-state index in [1.54, 1.807) is 24.7 Å². The number of nitrogen functional groups attached to an aromatic ring is 1. The maximum Gasteiger partial charge on any atom is 0.259 e. The quantitative estimate of drug-likeness (QED) is 0.382. The van der Waals surface area contributed by atoms with E-state index in [2.05, 4.69) is 39.8 Å². The van der Waals surface area contributed by atoms with Crippen LogP contribution in [0.15, 0.2) is 53.4 Å². The maximum absolute atomic E-state index is 6.22. The zero-order chi connectivity index (χ0) is 24.8. The van der Waals surface area contributed by atoms with Crippen molar-refractivity contribution in [3.63, 3.8) is 0 Å². The predicted octanol–water partition coefficient (Wildman–Crippen LogP) is 2.28. The Bertz CT molecular complexity index is 1550. The summed E-state index contributed by atoms with van der Waals surface area (Å²) in [7, 11) is 0. The molecule has 5 aromatic rings. The van der Waals surface area contributed by atoms with Crippen LogP contribution >= 0.6 is 0 Å². The fourth-order valence-electron chi connectivity index (χ4n) is 5.31. The molecule has 2 saturated heterocycles. The molecular formula is C25H26N10O2. The molecule has 7 rings (SSSR count). The van der Waals surface area contributed by atoms with Crippen LogP contribution in [0, 0.1) is 5.92 Å². The molecule has 0 saturated carbocycles. The molecule has 0 amide bonds. The van der Waals surface area contributed by atoms with Crippen molar-refractivity contribution in [2.24, 2.45) is 5.92 Å². The van der Waals surface area contributed by atoms with Gasteiger partial charge in [-0.2, -0.15) is 19.5 Å². The van der Waals surface area contributed by atoms with Crippen molar-refractivity contribution in [3.8, 4) is 17.5 Å². The first-order chi connectivity index (χ1) is 18.2. The van der Waals surface area contributed by atoms with E-state index in [0.717, 1.165) is 49.9 Å². The van der Waals surface area contributed by atoms with E-state index in [9.17, 15) is 0 Å². The molecule has 12 heteroatoms. The normalized spacial score (nSPS) is 20.4. The maximum atomic E-state index is 6.22. The van der Waals surface area contributed by atoms with Gasteiger partial charge in [0.25, 0.3) is 5.78 Å². The van der Waals surface area contributed by atoms with Gasteiger partial charge in [0.1, 0.15) is 6.33 Å². The molecule has 2 fully saturated rings. The van der Waals surface area contributed by atoms with Crippen molar-refractivity contribution in [1.82, 2.24) is 39.4 Å². The predicted molar refractivity (Wildman–Crippen MR) is 136 cm³/mol. The van der Waals surface area contributed by atoms with Crippen molar-refractivity contribution in [2.45, 2.75) is 18.9 Å². The number of piperidine rings is 1. The van der Waals surface area contributed by atoms with E-state index in [1.165, 1.54) is 4.52 Å². The lowest BCUT2D eigenvalue weighted by Gasteiger charge is -2.46.